The lowest BCUT2D eigenvalue weighted by Gasteiger charge is -2.23. The fourth-order valence-corrected chi connectivity index (χ4v) is 1.58. The van der Waals surface area contributed by atoms with E-state index >= 15 is 0 Å². The fraction of sp³-hybridized carbons (Fsp3) is 0.500. The van der Waals surface area contributed by atoms with Gasteiger partial charge in [0.25, 0.3) is 0 Å². The molecule has 0 aromatic carbocycles. The van der Waals surface area contributed by atoms with Gasteiger partial charge in [-0.2, -0.15) is 0 Å². The van der Waals surface area contributed by atoms with Crippen molar-refractivity contribution >= 4 is 0 Å². The molecule has 1 aliphatic rings. The summed E-state index contributed by atoms with van der Waals surface area (Å²) in [6.07, 6.45) is 1.76. The molecule has 2 rings (SSSR count). The molecule has 0 spiro atoms. The summed E-state index contributed by atoms with van der Waals surface area (Å²) < 4.78 is 5.06. The molecule has 4 heteroatoms. The number of nitrogens with zero attached hydrogens (tertiary/aromatic N) is 1. The minimum atomic E-state index is 0.328. The van der Waals surface area contributed by atoms with Crippen LogP contribution in [0.5, 0.6) is 5.75 Å². The van der Waals surface area contributed by atoms with Crippen LogP contribution in [0.1, 0.15) is 11.7 Å². The van der Waals surface area contributed by atoms with Gasteiger partial charge < -0.3 is 15.4 Å². The average Bonchev–Trinajstić information content (AvgIpc) is 2.30. The van der Waals surface area contributed by atoms with Gasteiger partial charge in [0, 0.05) is 19.6 Å². The first-order chi connectivity index (χ1) is 6.90. The molecule has 1 aromatic rings. The van der Waals surface area contributed by atoms with E-state index in [2.05, 4.69) is 15.6 Å². The lowest BCUT2D eigenvalue weighted by atomic mass is 10.1. The summed E-state index contributed by atoms with van der Waals surface area (Å²) in [5.41, 5.74) is 1.07. The molecular weight excluding hydrogens is 178 g/mol. The molecule has 14 heavy (non-hydrogen) atoms. The summed E-state index contributed by atoms with van der Waals surface area (Å²) in [6.45, 7) is 2.98. The Bertz CT molecular complexity index is 280. The molecular formula is C10H15N3O. The predicted molar refractivity (Wildman–Crippen MR) is 54.4 cm³/mol. The molecule has 1 saturated heterocycles. The number of rotatable bonds is 2. The van der Waals surface area contributed by atoms with Gasteiger partial charge >= 0.3 is 0 Å². The van der Waals surface area contributed by atoms with E-state index < -0.39 is 0 Å². The zero-order valence-electron chi connectivity index (χ0n) is 8.29. The van der Waals surface area contributed by atoms with Crippen molar-refractivity contribution in [1.29, 1.82) is 0 Å². The number of aromatic nitrogens is 1. The van der Waals surface area contributed by atoms with Crippen LogP contribution in [0.4, 0.5) is 0 Å². The van der Waals surface area contributed by atoms with E-state index in [1.807, 2.05) is 12.1 Å². The summed E-state index contributed by atoms with van der Waals surface area (Å²) in [5.74, 6) is 0.803. The van der Waals surface area contributed by atoms with Gasteiger partial charge in [0.2, 0.25) is 0 Å². The second-order valence-electron chi connectivity index (χ2n) is 3.33. The number of ether oxygens (including phenoxy) is 1. The highest BCUT2D eigenvalue weighted by atomic mass is 16.5. The number of hydrogen-bond acceptors (Lipinski definition) is 4. The molecule has 1 atom stereocenters. The van der Waals surface area contributed by atoms with Crippen LogP contribution in [0.25, 0.3) is 0 Å². The number of hydrogen-bond donors (Lipinski definition) is 2. The largest absolute Gasteiger partial charge is 0.495 e. The zero-order chi connectivity index (χ0) is 9.80. The van der Waals surface area contributed by atoms with Crippen LogP contribution >= 0.6 is 0 Å². The predicted octanol–water partition coefficient (Wildman–Crippen LogP) is 0.324. The van der Waals surface area contributed by atoms with Crippen molar-refractivity contribution in [2.45, 2.75) is 6.04 Å². The smallest absolute Gasteiger partial charge is 0.137 e. The maximum atomic E-state index is 5.06. The molecule has 1 aromatic heterocycles. The van der Waals surface area contributed by atoms with Crippen molar-refractivity contribution < 1.29 is 4.74 Å². The minimum Gasteiger partial charge on any atom is -0.495 e. The Morgan fingerprint density at radius 1 is 1.43 bits per heavy atom. The molecule has 1 fully saturated rings. The van der Waals surface area contributed by atoms with Crippen LogP contribution in [0.2, 0.25) is 0 Å². The van der Waals surface area contributed by atoms with Crippen molar-refractivity contribution in [2.75, 3.05) is 26.7 Å². The molecule has 2 N–H and O–H groups in total. The van der Waals surface area contributed by atoms with Gasteiger partial charge in [-0.25, -0.2) is 0 Å². The first kappa shape index (κ1) is 9.43. The number of pyridine rings is 1. The van der Waals surface area contributed by atoms with Gasteiger partial charge in [-0.1, -0.05) is 0 Å². The van der Waals surface area contributed by atoms with Crippen molar-refractivity contribution in [3.8, 4) is 5.75 Å². The second-order valence-corrected chi connectivity index (χ2v) is 3.33. The molecule has 0 amide bonds. The third-order valence-corrected chi connectivity index (χ3v) is 2.39. The van der Waals surface area contributed by atoms with Gasteiger partial charge in [-0.15, -0.1) is 0 Å². The van der Waals surface area contributed by atoms with Gasteiger partial charge in [0.1, 0.15) is 5.75 Å². The van der Waals surface area contributed by atoms with E-state index in [9.17, 15) is 0 Å². The fourth-order valence-electron chi connectivity index (χ4n) is 1.58. The van der Waals surface area contributed by atoms with Gasteiger partial charge in [-0.05, 0) is 12.1 Å². The molecule has 0 aliphatic carbocycles. The van der Waals surface area contributed by atoms with Gasteiger partial charge in [0.15, 0.2) is 0 Å². The summed E-state index contributed by atoms with van der Waals surface area (Å²) >= 11 is 0. The Balaban J connectivity index is 2.07. The SMILES string of the molecule is COc1ccc(C2CNCCN2)nc1. The van der Waals surface area contributed by atoms with E-state index in [1.165, 1.54) is 0 Å². The Morgan fingerprint density at radius 3 is 2.93 bits per heavy atom. The molecule has 1 unspecified atom stereocenters. The first-order valence-corrected chi connectivity index (χ1v) is 4.84. The Kier molecular flexibility index (Phi) is 2.96. The third kappa shape index (κ3) is 2.02. The van der Waals surface area contributed by atoms with E-state index in [0.29, 0.717) is 6.04 Å². The number of methoxy groups -OCH3 is 1. The Morgan fingerprint density at radius 2 is 2.36 bits per heavy atom. The highest BCUT2D eigenvalue weighted by Crippen LogP contribution is 2.14. The molecule has 76 valence electrons. The maximum Gasteiger partial charge on any atom is 0.137 e. The average molecular weight is 193 g/mol. The van der Waals surface area contributed by atoms with Crippen LogP contribution < -0.4 is 15.4 Å². The second kappa shape index (κ2) is 4.39. The van der Waals surface area contributed by atoms with E-state index in [4.69, 9.17) is 4.74 Å². The molecule has 0 radical (unpaired) electrons. The number of piperazine rings is 1. The Labute approximate surface area is 83.7 Å². The normalized spacial score (nSPS) is 21.9. The van der Waals surface area contributed by atoms with Crippen molar-refractivity contribution in [2.24, 2.45) is 0 Å². The van der Waals surface area contributed by atoms with Crippen molar-refractivity contribution in [3.63, 3.8) is 0 Å². The van der Waals surface area contributed by atoms with Crippen LogP contribution in [-0.2, 0) is 0 Å². The molecule has 0 saturated carbocycles. The van der Waals surface area contributed by atoms with Crippen LogP contribution in [-0.4, -0.2) is 31.7 Å². The summed E-state index contributed by atoms with van der Waals surface area (Å²) in [7, 11) is 1.65. The topological polar surface area (TPSA) is 46.2 Å². The van der Waals surface area contributed by atoms with E-state index in [-0.39, 0.29) is 0 Å². The summed E-state index contributed by atoms with van der Waals surface area (Å²) in [4.78, 5) is 4.35. The molecule has 1 aliphatic heterocycles. The Hall–Kier alpha value is -1.13. The highest BCUT2D eigenvalue weighted by Gasteiger charge is 2.14. The summed E-state index contributed by atoms with van der Waals surface area (Å²) in [5, 5.41) is 6.74. The van der Waals surface area contributed by atoms with Crippen LogP contribution in [0.3, 0.4) is 0 Å². The van der Waals surface area contributed by atoms with Crippen molar-refractivity contribution in [3.05, 3.63) is 24.0 Å². The van der Waals surface area contributed by atoms with Gasteiger partial charge in [-0.3, -0.25) is 4.98 Å². The molecule has 2 heterocycles. The highest BCUT2D eigenvalue weighted by molar-refractivity contribution is 5.21. The first-order valence-electron chi connectivity index (χ1n) is 4.84. The lowest BCUT2D eigenvalue weighted by Crippen LogP contribution is -2.42. The zero-order valence-corrected chi connectivity index (χ0v) is 8.29. The van der Waals surface area contributed by atoms with Gasteiger partial charge in [0.05, 0.1) is 25.0 Å². The van der Waals surface area contributed by atoms with E-state index in [1.54, 1.807) is 13.3 Å². The third-order valence-electron chi connectivity index (χ3n) is 2.39. The number of nitrogens with one attached hydrogen (secondary N) is 2. The maximum absolute atomic E-state index is 5.06. The van der Waals surface area contributed by atoms with Crippen LogP contribution in [0.15, 0.2) is 18.3 Å². The molecule has 0 bridgehead atoms. The van der Waals surface area contributed by atoms with Crippen molar-refractivity contribution in [1.82, 2.24) is 15.6 Å². The minimum absolute atomic E-state index is 0.328. The van der Waals surface area contributed by atoms with E-state index in [0.717, 1.165) is 31.1 Å². The quantitative estimate of drug-likeness (QED) is 0.710. The lowest BCUT2D eigenvalue weighted by molar-refractivity contribution is 0.406. The molecule has 4 nitrogen and oxygen atoms in total. The standard InChI is InChI=1S/C10H15N3O/c1-14-8-2-3-9(13-6-8)10-7-11-4-5-12-10/h2-3,6,10-12H,4-5,7H2,1H3. The van der Waals surface area contributed by atoms with Crippen LogP contribution in [0, 0.1) is 0 Å². The monoisotopic (exact) mass is 193 g/mol. The summed E-state index contributed by atoms with van der Waals surface area (Å²) in [6, 6.07) is 4.27.